The van der Waals surface area contributed by atoms with Gasteiger partial charge in [0.05, 0.1) is 11.9 Å². The fraction of sp³-hybridized carbons (Fsp3) is 0.136. The standard InChI is InChI=1S/C22H18ClN5O2/c1-3-15-8-10-17(11-9-15)28-22(30)18(12-24)14(2)20(27-28)21(29)26-25-13-16-6-4-5-7-19(16)23/h4-11,13H,3H2,1-2H3,(H,26,29)/b25-13+. The molecule has 150 valence electrons. The van der Waals surface area contributed by atoms with Gasteiger partial charge in [0, 0.05) is 16.1 Å². The normalized spacial score (nSPS) is 10.7. The van der Waals surface area contributed by atoms with Crippen molar-refractivity contribution in [2.24, 2.45) is 5.10 Å². The summed E-state index contributed by atoms with van der Waals surface area (Å²) in [6, 6.07) is 16.1. The molecule has 0 fully saturated rings. The number of carbonyl (C=O) groups is 1. The molecule has 0 bridgehead atoms. The van der Waals surface area contributed by atoms with Crippen LogP contribution in [0.3, 0.4) is 0 Å². The molecule has 0 spiro atoms. The monoisotopic (exact) mass is 419 g/mol. The summed E-state index contributed by atoms with van der Waals surface area (Å²) < 4.78 is 1.05. The number of benzene rings is 2. The third kappa shape index (κ3) is 4.29. The van der Waals surface area contributed by atoms with Crippen molar-refractivity contribution < 1.29 is 4.79 Å². The first kappa shape index (κ1) is 21.0. The summed E-state index contributed by atoms with van der Waals surface area (Å²) in [5.41, 5.74) is 3.93. The molecule has 0 radical (unpaired) electrons. The Labute approximate surface area is 178 Å². The molecular weight excluding hydrogens is 402 g/mol. The van der Waals surface area contributed by atoms with E-state index in [9.17, 15) is 14.9 Å². The SMILES string of the molecule is CCc1ccc(-n2nc(C(=O)N/N=C/c3ccccc3Cl)c(C)c(C#N)c2=O)cc1. The Morgan fingerprint density at radius 3 is 2.60 bits per heavy atom. The molecule has 7 nitrogen and oxygen atoms in total. The van der Waals surface area contributed by atoms with Crippen LogP contribution in [0.5, 0.6) is 0 Å². The lowest BCUT2D eigenvalue weighted by atomic mass is 10.1. The number of amides is 1. The van der Waals surface area contributed by atoms with E-state index in [-0.39, 0.29) is 16.8 Å². The highest BCUT2D eigenvalue weighted by atomic mass is 35.5. The van der Waals surface area contributed by atoms with E-state index in [0.29, 0.717) is 16.3 Å². The molecule has 1 amide bonds. The Balaban J connectivity index is 1.97. The van der Waals surface area contributed by atoms with Gasteiger partial charge in [0.1, 0.15) is 11.6 Å². The van der Waals surface area contributed by atoms with Crippen molar-refractivity contribution in [3.63, 3.8) is 0 Å². The van der Waals surface area contributed by atoms with Gasteiger partial charge in [-0.15, -0.1) is 0 Å². The van der Waals surface area contributed by atoms with Gasteiger partial charge < -0.3 is 0 Å². The van der Waals surface area contributed by atoms with Gasteiger partial charge in [0.2, 0.25) is 0 Å². The minimum absolute atomic E-state index is 0.0676. The number of aromatic nitrogens is 2. The van der Waals surface area contributed by atoms with Gasteiger partial charge in [-0.25, -0.2) is 5.43 Å². The number of carbonyl (C=O) groups excluding carboxylic acids is 1. The Morgan fingerprint density at radius 1 is 1.27 bits per heavy atom. The molecule has 0 aliphatic heterocycles. The van der Waals surface area contributed by atoms with Gasteiger partial charge in [-0.05, 0) is 37.1 Å². The third-order valence-electron chi connectivity index (χ3n) is 4.53. The molecule has 0 saturated heterocycles. The molecule has 1 heterocycles. The van der Waals surface area contributed by atoms with Gasteiger partial charge >= 0.3 is 0 Å². The minimum atomic E-state index is -0.647. The fourth-order valence-electron chi connectivity index (χ4n) is 2.79. The van der Waals surface area contributed by atoms with E-state index in [1.807, 2.05) is 25.1 Å². The second kappa shape index (κ2) is 9.16. The summed E-state index contributed by atoms with van der Waals surface area (Å²) in [7, 11) is 0. The summed E-state index contributed by atoms with van der Waals surface area (Å²) in [5.74, 6) is -0.647. The highest BCUT2D eigenvalue weighted by Crippen LogP contribution is 2.13. The smallest absolute Gasteiger partial charge is 0.266 e. The van der Waals surface area contributed by atoms with Crippen molar-refractivity contribution >= 4 is 23.7 Å². The van der Waals surface area contributed by atoms with Crippen LogP contribution in [0, 0.1) is 18.3 Å². The first-order chi connectivity index (χ1) is 14.5. The zero-order valence-electron chi connectivity index (χ0n) is 16.4. The molecule has 0 aliphatic carbocycles. The molecule has 0 unspecified atom stereocenters. The van der Waals surface area contributed by atoms with Crippen LogP contribution in [0.4, 0.5) is 0 Å². The molecule has 1 N–H and O–H groups in total. The number of halogens is 1. The van der Waals surface area contributed by atoms with Crippen LogP contribution in [0.2, 0.25) is 5.02 Å². The zero-order valence-corrected chi connectivity index (χ0v) is 17.1. The maximum atomic E-state index is 12.7. The maximum absolute atomic E-state index is 12.7. The first-order valence-electron chi connectivity index (χ1n) is 9.17. The predicted octanol–water partition coefficient (Wildman–Crippen LogP) is 3.39. The average Bonchev–Trinajstić information content (AvgIpc) is 2.75. The van der Waals surface area contributed by atoms with Gasteiger partial charge in [-0.2, -0.15) is 20.1 Å². The lowest BCUT2D eigenvalue weighted by Gasteiger charge is -2.11. The van der Waals surface area contributed by atoms with Gasteiger partial charge in [-0.1, -0.05) is 48.9 Å². The number of nitrogens with zero attached hydrogens (tertiary/aromatic N) is 4. The molecule has 0 saturated carbocycles. The minimum Gasteiger partial charge on any atom is -0.266 e. The molecule has 3 rings (SSSR count). The Kier molecular flexibility index (Phi) is 6.40. The van der Waals surface area contributed by atoms with E-state index < -0.39 is 11.5 Å². The van der Waals surface area contributed by atoms with Crippen LogP contribution in [-0.2, 0) is 6.42 Å². The summed E-state index contributed by atoms with van der Waals surface area (Å²) >= 11 is 6.06. The number of aryl methyl sites for hydroxylation is 1. The summed E-state index contributed by atoms with van der Waals surface area (Å²) in [4.78, 5) is 25.3. The molecule has 3 aromatic rings. The van der Waals surface area contributed by atoms with Crippen LogP contribution < -0.4 is 11.0 Å². The second-order valence-electron chi connectivity index (χ2n) is 6.42. The van der Waals surface area contributed by atoms with Gasteiger partial charge in [0.25, 0.3) is 11.5 Å². The van der Waals surface area contributed by atoms with Gasteiger partial charge in [0.15, 0.2) is 5.69 Å². The maximum Gasteiger partial charge on any atom is 0.292 e. The Hall–Kier alpha value is -3.76. The van der Waals surface area contributed by atoms with Crippen LogP contribution in [0.25, 0.3) is 5.69 Å². The lowest BCUT2D eigenvalue weighted by Crippen LogP contribution is -2.31. The van der Waals surface area contributed by atoms with Crippen molar-refractivity contribution in [1.82, 2.24) is 15.2 Å². The van der Waals surface area contributed by atoms with Crippen molar-refractivity contribution in [2.75, 3.05) is 0 Å². The highest BCUT2D eigenvalue weighted by Gasteiger charge is 2.20. The molecule has 1 aromatic heterocycles. The highest BCUT2D eigenvalue weighted by molar-refractivity contribution is 6.33. The number of nitrogens with one attached hydrogen (secondary N) is 1. The van der Waals surface area contributed by atoms with Crippen molar-refractivity contribution in [3.8, 4) is 11.8 Å². The van der Waals surface area contributed by atoms with E-state index in [2.05, 4.69) is 15.6 Å². The van der Waals surface area contributed by atoms with Crippen molar-refractivity contribution in [2.45, 2.75) is 20.3 Å². The number of rotatable bonds is 5. The second-order valence-corrected chi connectivity index (χ2v) is 6.83. The average molecular weight is 420 g/mol. The van der Waals surface area contributed by atoms with E-state index in [0.717, 1.165) is 16.7 Å². The van der Waals surface area contributed by atoms with E-state index >= 15 is 0 Å². The van der Waals surface area contributed by atoms with E-state index in [1.165, 1.54) is 13.1 Å². The Bertz CT molecular complexity index is 1220. The van der Waals surface area contributed by atoms with Crippen LogP contribution >= 0.6 is 11.6 Å². The molecule has 8 heteroatoms. The summed E-state index contributed by atoms with van der Waals surface area (Å²) in [5, 5.41) is 18.0. The molecule has 0 aliphatic rings. The Morgan fingerprint density at radius 2 is 1.97 bits per heavy atom. The summed E-state index contributed by atoms with van der Waals surface area (Å²) in [6.07, 6.45) is 2.25. The predicted molar refractivity (Wildman–Crippen MR) is 115 cm³/mol. The summed E-state index contributed by atoms with van der Waals surface area (Å²) in [6.45, 7) is 3.52. The van der Waals surface area contributed by atoms with Crippen LogP contribution in [0.1, 0.15) is 39.7 Å². The first-order valence-corrected chi connectivity index (χ1v) is 9.55. The number of nitriles is 1. The van der Waals surface area contributed by atoms with Crippen molar-refractivity contribution in [3.05, 3.63) is 91.9 Å². The van der Waals surface area contributed by atoms with E-state index in [1.54, 1.807) is 36.4 Å². The van der Waals surface area contributed by atoms with Crippen LogP contribution in [-0.4, -0.2) is 21.9 Å². The van der Waals surface area contributed by atoms with Gasteiger partial charge in [-0.3, -0.25) is 9.59 Å². The lowest BCUT2D eigenvalue weighted by molar-refractivity contribution is 0.0947. The zero-order chi connectivity index (χ0) is 21.7. The largest absolute Gasteiger partial charge is 0.292 e. The fourth-order valence-corrected chi connectivity index (χ4v) is 2.98. The van der Waals surface area contributed by atoms with E-state index in [4.69, 9.17) is 11.6 Å². The van der Waals surface area contributed by atoms with Crippen LogP contribution in [0.15, 0.2) is 58.4 Å². The third-order valence-corrected chi connectivity index (χ3v) is 4.87. The quantitative estimate of drug-likeness (QED) is 0.506. The topological polar surface area (TPSA) is 100 Å². The molecule has 30 heavy (non-hydrogen) atoms. The molecular formula is C22H18ClN5O2. The number of hydrogen-bond acceptors (Lipinski definition) is 5. The number of hydrazone groups is 1. The molecule has 2 aromatic carbocycles. The number of hydrogen-bond donors (Lipinski definition) is 1. The van der Waals surface area contributed by atoms with Crippen molar-refractivity contribution in [1.29, 1.82) is 5.26 Å². The molecule has 0 atom stereocenters.